The van der Waals surface area contributed by atoms with Crippen LogP contribution in [0.2, 0.25) is 0 Å². The van der Waals surface area contributed by atoms with E-state index in [0.717, 1.165) is 12.1 Å². The number of carbonyl (C=O) groups is 1. The van der Waals surface area contributed by atoms with Crippen molar-refractivity contribution >= 4 is 5.91 Å². The first kappa shape index (κ1) is 12.1. The molecule has 0 N–H and O–H groups in total. The van der Waals surface area contributed by atoms with E-state index in [1.165, 1.54) is 0 Å². The van der Waals surface area contributed by atoms with Crippen LogP contribution in [0.15, 0.2) is 6.33 Å². The number of carbonyl (C=O) groups excluding carboxylic acids is 1. The second-order valence-electron chi connectivity index (χ2n) is 4.44. The van der Waals surface area contributed by atoms with E-state index in [4.69, 9.17) is 4.74 Å². The lowest BCUT2D eigenvalue weighted by atomic mass is 10.2. The first-order valence-electron chi connectivity index (χ1n) is 6.02. The number of rotatable bonds is 2. The molecular weight excluding hydrogens is 218 g/mol. The van der Waals surface area contributed by atoms with Crippen LogP contribution in [0, 0.1) is 6.92 Å². The summed E-state index contributed by atoms with van der Waals surface area (Å²) in [5.41, 5.74) is 1.47. The molecule has 1 aliphatic heterocycles. The van der Waals surface area contributed by atoms with Gasteiger partial charge in [0.1, 0.15) is 5.69 Å². The Kier molecular flexibility index (Phi) is 3.47. The number of hydrogen-bond donors (Lipinski definition) is 0. The monoisotopic (exact) mass is 237 g/mol. The van der Waals surface area contributed by atoms with Gasteiger partial charge in [0.05, 0.1) is 24.7 Å². The lowest BCUT2D eigenvalue weighted by molar-refractivity contribution is -0.0229. The Labute approximate surface area is 101 Å². The van der Waals surface area contributed by atoms with Gasteiger partial charge in [0, 0.05) is 20.1 Å². The minimum Gasteiger partial charge on any atom is -0.375 e. The normalized spacial score (nSPS) is 20.6. The van der Waals surface area contributed by atoms with E-state index in [1.54, 1.807) is 10.9 Å². The third-order valence-corrected chi connectivity index (χ3v) is 3.20. The lowest BCUT2D eigenvalue weighted by Crippen LogP contribution is -2.46. The molecule has 0 unspecified atom stereocenters. The van der Waals surface area contributed by atoms with E-state index in [9.17, 15) is 4.79 Å². The zero-order chi connectivity index (χ0) is 12.4. The van der Waals surface area contributed by atoms with Gasteiger partial charge >= 0.3 is 0 Å². The zero-order valence-corrected chi connectivity index (χ0v) is 10.6. The van der Waals surface area contributed by atoms with E-state index in [2.05, 4.69) is 11.9 Å². The molecule has 94 valence electrons. The highest BCUT2D eigenvalue weighted by molar-refractivity contribution is 5.93. The zero-order valence-electron chi connectivity index (χ0n) is 10.6. The SMILES string of the molecule is CC[C@H]1CN(C(=O)c2c(C)ncn2C)CCO1. The minimum atomic E-state index is 0.0595. The molecule has 1 aromatic heterocycles. The summed E-state index contributed by atoms with van der Waals surface area (Å²) in [5, 5.41) is 0. The van der Waals surface area contributed by atoms with Crippen molar-refractivity contribution < 1.29 is 9.53 Å². The van der Waals surface area contributed by atoms with E-state index < -0.39 is 0 Å². The van der Waals surface area contributed by atoms with Crippen LogP contribution in [0.4, 0.5) is 0 Å². The maximum atomic E-state index is 12.4. The molecule has 0 radical (unpaired) electrons. The Hall–Kier alpha value is -1.36. The van der Waals surface area contributed by atoms with Gasteiger partial charge in [-0.25, -0.2) is 4.98 Å². The number of hydrogen-bond acceptors (Lipinski definition) is 3. The molecule has 0 bridgehead atoms. The van der Waals surface area contributed by atoms with Crippen molar-refractivity contribution in [3.05, 3.63) is 17.7 Å². The van der Waals surface area contributed by atoms with Gasteiger partial charge in [-0.2, -0.15) is 0 Å². The summed E-state index contributed by atoms with van der Waals surface area (Å²) < 4.78 is 7.35. The van der Waals surface area contributed by atoms with Crippen molar-refractivity contribution in [2.45, 2.75) is 26.4 Å². The van der Waals surface area contributed by atoms with Gasteiger partial charge in [-0.05, 0) is 13.3 Å². The molecule has 17 heavy (non-hydrogen) atoms. The van der Waals surface area contributed by atoms with Gasteiger partial charge in [-0.1, -0.05) is 6.92 Å². The molecule has 2 heterocycles. The molecule has 5 heteroatoms. The number of nitrogens with zero attached hydrogens (tertiary/aromatic N) is 3. The van der Waals surface area contributed by atoms with Gasteiger partial charge in [0.2, 0.25) is 0 Å². The quantitative estimate of drug-likeness (QED) is 0.770. The minimum absolute atomic E-state index is 0.0595. The highest BCUT2D eigenvalue weighted by atomic mass is 16.5. The molecular formula is C12H19N3O2. The molecule has 0 aromatic carbocycles. The van der Waals surface area contributed by atoms with E-state index in [1.807, 2.05) is 18.9 Å². The average molecular weight is 237 g/mol. The van der Waals surface area contributed by atoms with E-state index in [0.29, 0.717) is 25.4 Å². The van der Waals surface area contributed by atoms with Gasteiger partial charge in [0.25, 0.3) is 5.91 Å². The fourth-order valence-corrected chi connectivity index (χ4v) is 2.15. The predicted octanol–water partition coefficient (Wildman–Crippen LogP) is 0.980. The van der Waals surface area contributed by atoms with Crippen LogP contribution >= 0.6 is 0 Å². The van der Waals surface area contributed by atoms with Crippen molar-refractivity contribution in [2.24, 2.45) is 7.05 Å². The largest absolute Gasteiger partial charge is 0.375 e. The Balaban J connectivity index is 2.15. The lowest BCUT2D eigenvalue weighted by Gasteiger charge is -2.32. The smallest absolute Gasteiger partial charge is 0.272 e. The molecule has 2 rings (SSSR count). The fourth-order valence-electron chi connectivity index (χ4n) is 2.15. The van der Waals surface area contributed by atoms with Gasteiger partial charge < -0.3 is 14.2 Å². The topological polar surface area (TPSA) is 47.4 Å². The van der Waals surface area contributed by atoms with Crippen molar-refractivity contribution in [1.82, 2.24) is 14.5 Å². The summed E-state index contributed by atoms with van der Waals surface area (Å²) >= 11 is 0. The maximum Gasteiger partial charge on any atom is 0.272 e. The molecule has 1 aliphatic rings. The summed E-state index contributed by atoms with van der Waals surface area (Å²) in [6.07, 6.45) is 2.79. The van der Waals surface area contributed by atoms with Crippen LogP contribution in [0.3, 0.4) is 0 Å². The summed E-state index contributed by atoms with van der Waals surface area (Å²) in [4.78, 5) is 18.4. The first-order valence-corrected chi connectivity index (χ1v) is 6.02. The highest BCUT2D eigenvalue weighted by Crippen LogP contribution is 2.14. The number of imidazole rings is 1. The van der Waals surface area contributed by atoms with Gasteiger partial charge in [0.15, 0.2) is 0 Å². The predicted molar refractivity (Wildman–Crippen MR) is 63.9 cm³/mol. The summed E-state index contributed by atoms with van der Waals surface area (Å²) in [7, 11) is 1.85. The first-order chi connectivity index (χ1) is 8.13. The summed E-state index contributed by atoms with van der Waals surface area (Å²) in [6, 6.07) is 0. The Morgan fingerprint density at radius 3 is 3.00 bits per heavy atom. The Morgan fingerprint density at radius 1 is 1.65 bits per heavy atom. The van der Waals surface area contributed by atoms with Crippen LogP contribution in [-0.4, -0.2) is 46.2 Å². The van der Waals surface area contributed by atoms with E-state index >= 15 is 0 Å². The van der Waals surface area contributed by atoms with Crippen molar-refractivity contribution in [3.8, 4) is 0 Å². The van der Waals surface area contributed by atoms with Crippen molar-refractivity contribution in [2.75, 3.05) is 19.7 Å². The molecule has 5 nitrogen and oxygen atoms in total. The van der Waals surface area contributed by atoms with E-state index in [-0.39, 0.29) is 12.0 Å². The van der Waals surface area contributed by atoms with Crippen LogP contribution in [0.25, 0.3) is 0 Å². The van der Waals surface area contributed by atoms with Gasteiger partial charge in [-0.3, -0.25) is 4.79 Å². The standard InChI is InChI=1S/C12H19N3O2/c1-4-10-7-15(5-6-17-10)12(16)11-9(2)13-8-14(11)3/h8,10H,4-7H2,1-3H3/t10-/m0/s1. The second kappa shape index (κ2) is 4.87. The fraction of sp³-hybridized carbons (Fsp3) is 0.667. The molecule has 0 spiro atoms. The Morgan fingerprint density at radius 2 is 2.41 bits per heavy atom. The number of morpholine rings is 1. The molecule has 1 amide bonds. The molecule has 0 aliphatic carbocycles. The number of ether oxygens (including phenoxy) is 1. The van der Waals surface area contributed by atoms with Crippen LogP contribution in [0.5, 0.6) is 0 Å². The second-order valence-corrected chi connectivity index (χ2v) is 4.44. The molecule has 1 atom stereocenters. The molecule has 0 saturated carbocycles. The number of aromatic nitrogens is 2. The van der Waals surface area contributed by atoms with Crippen LogP contribution in [0.1, 0.15) is 29.5 Å². The maximum absolute atomic E-state index is 12.4. The summed E-state index contributed by atoms with van der Waals surface area (Å²) in [5.74, 6) is 0.0595. The highest BCUT2D eigenvalue weighted by Gasteiger charge is 2.26. The Bertz CT molecular complexity index is 394. The molecule has 1 aromatic rings. The van der Waals surface area contributed by atoms with Crippen LogP contribution in [-0.2, 0) is 11.8 Å². The third kappa shape index (κ3) is 2.34. The molecule has 1 saturated heterocycles. The number of aryl methyl sites for hydroxylation is 2. The summed E-state index contributed by atoms with van der Waals surface area (Å²) in [6.45, 7) is 5.92. The molecule has 1 fully saturated rings. The van der Waals surface area contributed by atoms with Gasteiger partial charge in [-0.15, -0.1) is 0 Å². The van der Waals surface area contributed by atoms with Crippen molar-refractivity contribution in [1.29, 1.82) is 0 Å². The average Bonchev–Trinajstić information content (AvgIpc) is 2.68. The third-order valence-electron chi connectivity index (χ3n) is 3.20. The van der Waals surface area contributed by atoms with Crippen LogP contribution < -0.4 is 0 Å². The number of amides is 1. The van der Waals surface area contributed by atoms with Crippen molar-refractivity contribution in [3.63, 3.8) is 0 Å².